The van der Waals surface area contributed by atoms with Gasteiger partial charge in [0.25, 0.3) is 11.4 Å². The number of carbonyl (C=O) groups excluding carboxylic acids is 1. The molecule has 0 fully saturated rings. The van der Waals surface area contributed by atoms with Gasteiger partial charge in [0.05, 0.1) is 30.4 Å². The van der Waals surface area contributed by atoms with E-state index in [-0.39, 0.29) is 29.4 Å². The molecule has 0 saturated carbocycles. The normalized spacial score (nSPS) is 12.2. The molecule has 0 N–H and O–H groups in total. The van der Waals surface area contributed by atoms with E-state index >= 15 is 0 Å². The zero-order chi connectivity index (χ0) is 28.4. The Hall–Kier alpha value is -4.51. The SMILES string of the molecule is CCC(C(=O)Cc1ccc2nccnc2c1)n1cc(OC)c(-c2cc(Cl)ccc2-c2nnc(C(F)F)o2)cc1=O. The first-order valence-corrected chi connectivity index (χ1v) is 12.6. The highest BCUT2D eigenvalue weighted by Gasteiger charge is 2.25. The maximum Gasteiger partial charge on any atom is 0.314 e. The molecule has 204 valence electrons. The summed E-state index contributed by atoms with van der Waals surface area (Å²) < 4.78 is 38.2. The summed E-state index contributed by atoms with van der Waals surface area (Å²) >= 11 is 6.24. The van der Waals surface area contributed by atoms with Crippen molar-refractivity contribution in [3.8, 4) is 28.3 Å². The summed E-state index contributed by atoms with van der Waals surface area (Å²) in [7, 11) is 1.42. The molecule has 0 spiro atoms. The first-order valence-electron chi connectivity index (χ1n) is 12.2. The van der Waals surface area contributed by atoms with E-state index < -0.39 is 23.9 Å². The van der Waals surface area contributed by atoms with E-state index in [1.807, 2.05) is 13.0 Å². The highest BCUT2D eigenvalue weighted by atomic mass is 35.5. The molecule has 3 heterocycles. The molecular formula is C28H22ClF2N5O4. The molecule has 0 amide bonds. The lowest BCUT2D eigenvalue weighted by molar-refractivity contribution is -0.121. The second-order valence-electron chi connectivity index (χ2n) is 8.88. The number of ether oxygens (including phenoxy) is 1. The van der Waals surface area contributed by atoms with Gasteiger partial charge in [-0.25, -0.2) is 0 Å². The van der Waals surface area contributed by atoms with Crippen LogP contribution in [0.2, 0.25) is 5.02 Å². The predicted molar refractivity (Wildman–Crippen MR) is 144 cm³/mol. The second-order valence-corrected chi connectivity index (χ2v) is 9.32. The molecule has 3 aromatic heterocycles. The lowest BCUT2D eigenvalue weighted by Gasteiger charge is -2.20. The van der Waals surface area contributed by atoms with Crippen molar-refractivity contribution in [2.45, 2.75) is 32.2 Å². The van der Waals surface area contributed by atoms with Crippen molar-refractivity contribution in [1.29, 1.82) is 0 Å². The highest BCUT2D eigenvalue weighted by molar-refractivity contribution is 6.31. The van der Waals surface area contributed by atoms with E-state index in [0.29, 0.717) is 33.6 Å². The van der Waals surface area contributed by atoms with Crippen LogP contribution in [-0.4, -0.2) is 37.6 Å². The summed E-state index contributed by atoms with van der Waals surface area (Å²) in [6.07, 6.45) is 2.13. The van der Waals surface area contributed by atoms with Crippen molar-refractivity contribution in [1.82, 2.24) is 24.7 Å². The van der Waals surface area contributed by atoms with E-state index in [2.05, 4.69) is 20.2 Å². The van der Waals surface area contributed by atoms with Crippen molar-refractivity contribution in [3.63, 3.8) is 0 Å². The van der Waals surface area contributed by atoms with Gasteiger partial charge in [0.2, 0.25) is 5.89 Å². The fourth-order valence-electron chi connectivity index (χ4n) is 4.52. The van der Waals surface area contributed by atoms with E-state index in [0.717, 1.165) is 5.56 Å². The highest BCUT2D eigenvalue weighted by Crippen LogP contribution is 2.38. The van der Waals surface area contributed by atoms with Crippen LogP contribution in [0.25, 0.3) is 33.6 Å². The Labute approximate surface area is 231 Å². The van der Waals surface area contributed by atoms with Crippen molar-refractivity contribution < 1.29 is 22.7 Å². The molecule has 9 nitrogen and oxygen atoms in total. The minimum atomic E-state index is -2.94. The molecule has 0 aliphatic heterocycles. The average Bonchev–Trinajstić information content (AvgIpc) is 3.44. The Balaban J connectivity index is 1.52. The fraction of sp³-hybridized carbons (Fsp3) is 0.214. The zero-order valence-electron chi connectivity index (χ0n) is 21.3. The topological polar surface area (TPSA) is 113 Å². The summed E-state index contributed by atoms with van der Waals surface area (Å²) in [6.45, 7) is 1.81. The second kappa shape index (κ2) is 11.3. The van der Waals surface area contributed by atoms with Gasteiger partial charge < -0.3 is 13.7 Å². The van der Waals surface area contributed by atoms with Crippen molar-refractivity contribution in [2.24, 2.45) is 0 Å². The van der Waals surface area contributed by atoms with E-state index in [4.69, 9.17) is 20.8 Å². The Morgan fingerprint density at radius 1 is 1.02 bits per heavy atom. The number of ketones is 1. The van der Waals surface area contributed by atoms with E-state index in [1.54, 1.807) is 24.5 Å². The lowest BCUT2D eigenvalue weighted by atomic mass is 9.98. The van der Waals surface area contributed by atoms with Crippen LogP contribution in [0.1, 0.15) is 37.3 Å². The number of benzene rings is 2. The summed E-state index contributed by atoms with van der Waals surface area (Å²) in [5, 5.41) is 7.43. The molecular weight excluding hydrogens is 544 g/mol. The number of fused-ring (bicyclic) bond motifs is 1. The minimum absolute atomic E-state index is 0.0869. The number of pyridine rings is 1. The van der Waals surface area contributed by atoms with Crippen molar-refractivity contribution >= 4 is 28.4 Å². The molecule has 2 aromatic carbocycles. The third-order valence-corrected chi connectivity index (χ3v) is 6.63. The molecule has 0 saturated heterocycles. The van der Waals surface area contributed by atoms with Gasteiger partial charge in [0, 0.05) is 41.0 Å². The van der Waals surface area contributed by atoms with Gasteiger partial charge in [-0.2, -0.15) is 8.78 Å². The number of halogens is 3. The molecule has 40 heavy (non-hydrogen) atoms. The molecule has 0 bridgehead atoms. The number of hydrogen-bond acceptors (Lipinski definition) is 8. The number of rotatable bonds is 9. The Morgan fingerprint density at radius 2 is 1.80 bits per heavy atom. The molecule has 0 radical (unpaired) electrons. The van der Waals surface area contributed by atoms with Crippen LogP contribution in [0.4, 0.5) is 8.78 Å². The number of aromatic nitrogens is 5. The zero-order valence-corrected chi connectivity index (χ0v) is 22.1. The molecule has 5 aromatic rings. The summed E-state index contributed by atoms with van der Waals surface area (Å²) in [6, 6.07) is 10.5. The van der Waals surface area contributed by atoms with Gasteiger partial charge in [0.1, 0.15) is 5.75 Å². The van der Waals surface area contributed by atoms with Crippen LogP contribution in [0.3, 0.4) is 0 Å². The predicted octanol–water partition coefficient (Wildman–Crippen LogP) is 5.87. The first kappa shape index (κ1) is 27.1. The number of hydrogen-bond donors (Lipinski definition) is 0. The number of nitrogens with zero attached hydrogens (tertiary/aromatic N) is 5. The lowest BCUT2D eigenvalue weighted by Crippen LogP contribution is -2.30. The van der Waals surface area contributed by atoms with E-state index in [1.165, 1.54) is 42.1 Å². The first-order chi connectivity index (χ1) is 19.3. The number of Topliss-reactive ketones (excluding diaryl/α,β-unsaturated/α-hetero) is 1. The molecule has 1 unspecified atom stereocenters. The summed E-state index contributed by atoms with van der Waals surface area (Å²) in [5.41, 5.74) is 2.62. The van der Waals surface area contributed by atoms with Crippen LogP contribution in [0, 0.1) is 0 Å². The monoisotopic (exact) mass is 565 g/mol. The maximum atomic E-state index is 13.4. The van der Waals surface area contributed by atoms with Crippen LogP contribution in [-0.2, 0) is 11.2 Å². The quantitative estimate of drug-likeness (QED) is 0.218. The smallest absolute Gasteiger partial charge is 0.314 e. The Morgan fingerprint density at radius 3 is 2.50 bits per heavy atom. The van der Waals surface area contributed by atoms with Gasteiger partial charge in [-0.15, -0.1) is 10.2 Å². The third-order valence-electron chi connectivity index (χ3n) is 6.40. The number of alkyl halides is 2. The molecule has 1 atom stereocenters. The van der Waals surface area contributed by atoms with Crippen LogP contribution >= 0.6 is 11.6 Å². The molecule has 0 aliphatic carbocycles. The number of methoxy groups -OCH3 is 1. The van der Waals surface area contributed by atoms with Gasteiger partial charge in [-0.1, -0.05) is 24.6 Å². The largest absolute Gasteiger partial charge is 0.495 e. The van der Waals surface area contributed by atoms with Crippen LogP contribution in [0.5, 0.6) is 5.75 Å². The van der Waals surface area contributed by atoms with Crippen LogP contribution < -0.4 is 10.3 Å². The van der Waals surface area contributed by atoms with Crippen molar-refractivity contribution in [2.75, 3.05) is 7.11 Å². The summed E-state index contributed by atoms with van der Waals surface area (Å²) in [4.78, 5) is 35.3. The van der Waals surface area contributed by atoms with E-state index in [9.17, 15) is 18.4 Å². The maximum absolute atomic E-state index is 13.4. The third kappa shape index (κ3) is 5.32. The fourth-order valence-corrected chi connectivity index (χ4v) is 4.69. The van der Waals surface area contributed by atoms with Crippen LogP contribution in [0.15, 0.2) is 70.3 Å². The molecule has 12 heteroatoms. The standard InChI is InChI=1S/C28H22ClF2N5O4/c1-3-22(23(37)11-15-4-7-20-21(10-15)33-9-8-32-20)36-14-24(39-2)19(13-25(36)38)18-12-16(29)5-6-17(18)27-34-35-28(40-27)26(30)31/h4-10,12-14,22,26H,3,11H2,1-2H3. The van der Waals surface area contributed by atoms with Gasteiger partial charge >= 0.3 is 6.43 Å². The number of carbonyl (C=O) groups is 1. The van der Waals surface area contributed by atoms with Gasteiger partial charge in [-0.3, -0.25) is 19.6 Å². The average molecular weight is 566 g/mol. The molecule has 5 rings (SSSR count). The Bertz CT molecular complexity index is 1770. The van der Waals surface area contributed by atoms with Crippen molar-refractivity contribution in [3.05, 3.63) is 87.9 Å². The Kier molecular flexibility index (Phi) is 7.65. The summed E-state index contributed by atoms with van der Waals surface area (Å²) in [5.74, 6) is -0.920. The van der Waals surface area contributed by atoms with Gasteiger partial charge in [-0.05, 0) is 47.9 Å². The molecule has 0 aliphatic rings. The van der Waals surface area contributed by atoms with Gasteiger partial charge in [0.15, 0.2) is 5.78 Å². The minimum Gasteiger partial charge on any atom is -0.495 e.